The first kappa shape index (κ1) is 13.7. The van der Waals surface area contributed by atoms with Crippen molar-refractivity contribution < 1.29 is 30.3 Å². The minimum atomic E-state index is -2.55. The average Bonchev–Trinajstić information content (AvgIpc) is 2.26. The predicted octanol–water partition coefficient (Wildman–Crippen LogP) is -0.487. The lowest BCUT2D eigenvalue weighted by Crippen LogP contribution is -2.50. The third kappa shape index (κ3) is 2.82. The fraction of sp³-hybridized carbons (Fsp3) is 0.308. The maximum absolute atomic E-state index is 12.1. The van der Waals surface area contributed by atoms with Crippen molar-refractivity contribution in [2.45, 2.75) is 18.0 Å². The van der Waals surface area contributed by atoms with Gasteiger partial charge in [0, 0.05) is 5.56 Å². The van der Waals surface area contributed by atoms with Crippen LogP contribution in [0.15, 0.2) is 36.4 Å². The number of ketones is 1. The van der Waals surface area contributed by atoms with Gasteiger partial charge in [0.25, 0.3) is 0 Å². The molecular weight excluding hydrogens is 252 g/mol. The molecule has 0 heterocycles. The number of Topliss-reactive ketones (excluding diaryl/α,β-unsaturated/α-hetero) is 1. The molecule has 2 rings (SSSR count). The fourth-order valence-electron chi connectivity index (χ4n) is 2.06. The second-order valence-electron chi connectivity index (χ2n) is 4.68. The minimum Gasteiger partial charge on any atom is -0.508 e. The lowest BCUT2D eigenvalue weighted by Gasteiger charge is -2.36. The molecule has 102 valence electrons. The standard InChI is InChI=1S/C13H14O6/c14-9-3-1-8(2-4-9)11(15)10-5-6-12(16,17)7-13(10,18)19/h1-6,10,14,16-19H,7H2. The zero-order valence-corrected chi connectivity index (χ0v) is 9.89. The molecule has 0 spiro atoms. The number of rotatable bonds is 2. The van der Waals surface area contributed by atoms with Crippen molar-refractivity contribution in [2.75, 3.05) is 0 Å². The summed E-state index contributed by atoms with van der Waals surface area (Å²) in [5.41, 5.74) is 0.184. The number of carbonyl (C=O) groups is 1. The Hall–Kier alpha value is -1.73. The summed E-state index contributed by atoms with van der Waals surface area (Å²) in [7, 11) is 0. The van der Waals surface area contributed by atoms with Crippen LogP contribution in [0.2, 0.25) is 0 Å². The summed E-state index contributed by atoms with van der Waals surface area (Å²) in [6, 6.07) is 5.31. The van der Waals surface area contributed by atoms with Crippen LogP contribution in [-0.4, -0.2) is 42.9 Å². The lowest BCUT2D eigenvalue weighted by atomic mass is 9.81. The van der Waals surface area contributed by atoms with Crippen LogP contribution in [0, 0.1) is 5.92 Å². The number of aromatic hydroxyl groups is 1. The van der Waals surface area contributed by atoms with Crippen molar-refractivity contribution in [1.29, 1.82) is 0 Å². The molecule has 1 atom stereocenters. The molecule has 6 nitrogen and oxygen atoms in total. The van der Waals surface area contributed by atoms with Crippen LogP contribution in [0.3, 0.4) is 0 Å². The molecular formula is C13H14O6. The van der Waals surface area contributed by atoms with Crippen molar-refractivity contribution in [1.82, 2.24) is 0 Å². The van der Waals surface area contributed by atoms with Gasteiger partial charge in [-0.25, -0.2) is 0 Å². The number of phenols is 1. The second-order valence-corrected chi connectivity index (χ2v) is 4.68. The smallest absolute Gasteiger partial charge is 0.187 e. The number of aliphatic hydroxyl groups is 4. The summed E-state index contributed by atoms with van der Waals surface area (Å²) in [6.07, 6.45) is 1.21. The van der Waals surface area contributed by atoms with Gasteiger partial charge in [-0.05, 0) is 30.3 Å². The van der Waals surface area contributed by atoms with Crippen molar-refractivity contribution in [3.8, 4) is 5.75 Å². The summed E-state index contributed by atoms with van der Waals surface area (Å²) in [5, 5.41) is 47.3. The highest BCUT2D eigenvalue weighted by Crippen LogP contribution is 2.33. The Morgan fingerprint density at radius 3 is 2.21 bits per heavy atom. The molecule has 5 N–H and O–H groups in total. The third-order valence-electron chi connectivity index (χ3n) is 3.01. The van der Waals surface area contributed by atoms with Crippen molar-refractivity contribution in [3.05, 3.63) is 42.0 Å². The Kier molecular flexibility index (Phi) is 3.19. The first-order chi connectivity index (χ1) is 8.71. The molecule has 0 aliphatic heterocycles. The summed E-state index contributed by atoms with van der Waals surface area (Å²) in [6.45, 7) is 0. The number of hydrogen-bond donors (Lipinski definition) is 5. The molecule has 1 unspecified atom stereocenters. The summed E-state index contributed by atoms with van der Waals surface area (Å²) < 4.78 is 0. The quantitative estimate of drug-likeness (QED) is 0.280. The predicted molar refractivity (Wildman–Crippen MR) is 64.0 cm³/mol. The zero-order valence-electron chi connectivity index (χ0n) is 9.89. The Morgan fingerprint density at radius 2 is 1.68 bits per heavy atom. The van der Waals surface area contributed by atoms with Gasteiger partial charge in [0.15, 0.2) is 17.4 Å². The molecule has 6 heteroatoms. The summed E-state index contributed by atoms with van der Waals surface area (Å²) >= 11 is 0. The van der Waals surface area contributed by atoms with Crippen molar-refractivity contribution >= 4 is 5.78 Å². The van der Waals surface area contributed by atoms with E-state index in [9.17, 15) is 25.2 Å². The van der Waals surface area contributed by atoms with Crippen LogP contribution in [0.25, 0.3) is 0 Å². The van der Waals surface area contributed by atoms with E-state index in [0.29, 0.717) is 0 Å². The first-order valence-corrected chi connectivity index (χ1v) is 5.63. The highest BCUT2D eigenvalue weighted by atomic mass is 16.5. The average molecular weight is 266 g/mol. The van der Waals surface area contributed by atoms with E-state index in [2.05, 4.69) is 0 Å². The minimum absolute atomic E-state index is 0.0141. The van der Waals surface area contributed by atoms with Gasteiger partial charge in [0.05, 0.1) is 12.3 Å². The van der Waals surface area contributed by atoms with Crippen LogP contribution in [0.1, 0.15) is 16.8 Å². The van der Waals surface area contributed by atoms with Crippen molar-refractivity contribution in [2.24, 2.45) is 5.92 Å². The highest BCUT2D eigenvalue weighted by molar-refractivity contribution is 5.99. The number of phenolic OH excluding ortho intramolecular Hbond substituents is 1. The maximum Gasteiger partial charge on any atom is 0.187 e. The van der Waals surface area contributed by atoms with Gasteiger partial charge in [-0.2, -0.15) is 0 Å². The lowest BCUT2D eigenvalue weighted by molar-refractivity contribution is -0.252. The monoisotopic (exact) mass is 266 g/mol. The van der Waals surface area contributed by atoms with Gasteiger partial charge >= 0.3 is 0 Å². The number of benzene rings is 1. The zero-order chi connectivity index (χ0) is 14.3. The fourth-order valence-corrected chi connectivity index (χ4v) is 2.06. The molecule has 0 saturated heterocycles. The van der Waals surface area contributed by atoms with Crippen LogP contribution in [0.5, 0.6) is 5.75 Å². The Labute approximate surface area is 108 Å². The second kappa shape index (κ2) is 4.43. The molecule has 0 amide bonds. The molecule has 19 heavy (non-hydrogen) atoms. The van der Waals surface area contributed by atoms with E-state index in [4.69, 9.17) is 5.11 Å². The first-order valence-electron chi connectivity index (χ1n) is 5.63. The van der Waals surface area contributed by atoms with Crippen LogP contribution < -0.4 is 0 Å². The van der Waals surface area contributed by atoms with Gasteiger partial charge in [0.1, 0.15) is 5.75 Å². The molecule has 1 aliphatic carbocycles. The third-order valence-corrected chi connectivity index (χ3v) is 3.01. The van der Waals surface area contributed by atoms with Crippen molar-refractivity contribution in [3.63, 3.8) is 0 Å². The molecule has 1 aromatic rings. The van der Waals surface area contributed by atoms with Gasteiger partial charge < -0.3 is 25.5 Å². The van der Waals surface area contributed by atoms with E-state index in [0.717, 1.165) is 12.2 Å². The molecule has 0 radical (unpaired) electrons. The largest absolute Gasteiger partial charge is 0.508 e. The molecule has 0 bridgehead atoms. The maximum atomic E-state index is 12.1. The van der Waals surface area contributed by atoms with Gasteiger partial charge in [0.2, 0.25) is 0 Å². The molecule has 1 aromatic carbocycles. The Bertz CT molecular complexity index is 514. The van der Waals surface area contributed by atoms with Crippen LogP contribution >= 0.6 is 0 Å². The van der Waals surface area contributed by atoms with E-state index in [1.165, 1.54) is 24.3 Å². The van der Waals surface area contributed by atoms with Crippen LogP contribution in [0.4, 0.5) is 0 Å². The van der Waals surface area contributed by atoms with Gasteiger partial charge in [-0.15, -0.1) is 0 Å². The Morgan fingerprint density at radius 1 is 1.11 bits per heavy atom. The topological polar surface area (TPSA) is 118 Å². The van der Waals surface area contributed by atoms with Crippen LogP contribution in [-0.2, 0) is 0 Å². The molecule has 1 aliphatic rings. The summed E-state index contributed by atoms with van der Waals surface area (Å²) in [5.74, 6) is -6.80. The number of hydrogen-bond acceptors (Lipinski definition) is 6. The molecule has 0 saturated carbocycles. The summed E-state index contributed by atoms with van der Waals surface area (Å²) in [4.78, 5) is 12.1. The highest BCUT2D eigenvalue weighted by Gasteiger charge is 2.47. The van der Waals surface area contributed by atoms with E-state index in [1.807, 2.05) is 0 Å². The van der Waals surface area contributed by atoms with E-state index >= 15 is 0 Å². The normalized spacial score (nSPS) is 24.1. The SMILES string of the molecule is O=C(c1ccc(O)cc1)C1C=CC(O)(O)CC1(O)O. The molecule has 0 fully saturated rings. The van der Waals surface area contributed by atoms with Gasteiger partial charge in [-0.1, -0.05) is 6.08 Å². The van der Waals surface area contributed by atoms with E-state index in [-0.39, 0.29) is 11.3 Å². The van der Waals surface area contributed by atoms with E-state index in [1.54, 1.807) is 0 Å². The van der Waals surface area contributed by atoms with E-state index < -0.39 is 29.7 Å². The Balaban J connectivity index is 2.31. The van der Waals surface area contributed by atoms with Gasteiger partial charge in [-0.3, -0.25) is 4.79 Å². The molecule has 0 aromatic heterocycles. The number of carbonyl (C=O) groups excluding carboxylic acids is 1.